The van der Waals surface area contributed by atoms with Gasteiger partial charge in [-0.3, -0.25) is 9.79 Å². The normalized spacial score (nSPS) is 24.0. The predicted octanol–water partition coefficient (Wildman–Crippen LogP) is 4.28. The number of carbonyl (C=O) groups excluding carboxylic acids is 1. The highest BCUT2D eigenvalue weighted by molar-refractivity contribution is 8.14. The summed E-state index contributed by atoms with van der Waals surface area (Å²) in [5.41, 5.74) is 1.77. The molecular weight excluding hydrogens is 520 g/mol. The molecule has 0 aliphatic carbocycles. The van der Waals surface area contributed by atoms with Crippen LogP contribution in [0.4, 0.5) is 0 Å². The fourth-order valence-corrected chi connectivity index (χ4v) is 5.71. The first-order chi connectivity index (χ1) is 18.9. The van der Waals surface area contributed by atoms with Crippen LogP contribution in [0.3, 0.4) is 0 Å². The third-order valence-electron chi connectivity index (χ3n) is 6.62. The van der Waals surface area contributed by atoms with E-state index in [0.29, 0.717) is 26.2 Å². The molecule has 9 nitrogen and oxygen atoms in total. The highest BCUT2D eigenvalue weighted by Gasteiger charge is 2.51. The van der Waals surface area contributed by atoms with E-state index in [-0.39, 0.29) is 36.1 Å². The van der Waals surface area contributed by atoms with Gasteiger partial charge >= 0.3 is 5.97 Å². The summed E-state index contributed by atoms with van der Waals surface area (Å²) in [6, 6.07) is 15.3. The molecular formula is C29H38N2O7S. The molecule has 2 heterocycles. The number of thioether (sulfide) groups is 1. The lowest BCUT2D eigenvalue weighted by atomic mass is 9.94. The Hall–Kier alpha value is -2.79. The van der Waals surface area contributed by atoms with Crippen LogP contribution in [-0.2, 0) is 37.0 Å². The minimum Gasteiger partial charge on any atom is -0.497 e. The van der Waals surface area contributed by atoms with Gasteiger partial charge in [0.25, 0.3) is 0 Å². The molecule has 0 bridgehead atoms. The molecule has 10 heteroatoms. The van der Waals surface area contributed by atoms with Gasteiger partial charge in [0.05, 0.1) is 40.1 Å². The second-order valence-electron chi connectivity index (χ2n) is 9.55. The van der Waals surface area contributed by atoms with Gasteiger partial charge in [-0.15, -0.1) is 0 Å². The van der Waals surface area contributed by atoms with Crippen molar-refractivity contribution in [2.45, 2.75) is 62.8 Å². The smallest absolute Gasteiger partial charge is 0.305 e. The van der Waals surface area contributed by atoms with Crippen LogP contribution in [-0.4, -0.2) is 80.7 Å². The van der Waals surface area contributed by atoms with Crippen molar-refractivity contribution in [3.8, 4) is 11.5 Å². The number of benzene rings is 2. The molecule has 2 aromatic carbocycles. The van der Waals surface area contributed by atoms with Gasteiger partial charge in [0.1, 0.15) is 35.2 Å². The Morgan fingerprint density at radius 1 is 0.923 bits per heavy atom. The average Bonchev–Trinajstić information content (AvgIpc) is 3.39. The van der Waals surface area contributed by atoms with E-state index in [1.807, 2.05) is 67.5 Å². The number of methoxy groups -OCH3 is 2. The molecule has 2 aromatic rings. The Balaban J connectivity index is 1.58. The zero-order valence-electron chi connectivity index (χ0n) is 23.2. The average molecular weight is 559 g/mol. The van der Waals surface area contributed by atoms with Gasteiger partial charge < -0.3 is 33.3 Å². The fourth-order valence-electron chi connectivity index (χ4n) is 4.56. The molecule has 0 spiro atoms. The Morgan fingerprint density at radius 3 is 2.00 bits per heavy atom. The van der Waals surface area contributed by atoms with Crippen LogP contribution < -0.4 is 9.47 Å². The first kappa shape index (κ1) is 29.2. The van der Waals surface area contributed by atoms with Crippen LogP contribution in [0.15, 0.2) is 53.5 Å². The summed E-state index contributed by atoms with van der Waals surface area (Å²) in [4.78, 5) is 19.2. The van der Waals surface area contributed by atoms with Crippen molar-refractivity contribution in [3.63, 3.8) is 0 Å². The van der Waals surface area contributed by atoms with Crippen LogP contribution in [0, 0.1) is 0 Å². The topological polar surface area (TPSA) is 88.1 Å². The van der Waals surface area contributed by atoms with E-state index in [9.17, 15) is 4.79 Å². The van der Waals surface area contributed by atoms with Crippen LogP contribution >= 0.6 is 11.8 Å². The largest absolute Gasteiger partial charge is 0.497 e. The van der Waals surface area contributed by atoms with E-state index in [0.717, 1.165) is 27.8 Å². The number of nitrogens with zero attached hydrogens (tertiary/aromatic N) is 2. The van der Waals surface area contributed by atoms with Gasteiger partial charge in [0, 0.05) is 20.5 Å². The molecule has 0 amide bonds. The molecule has 0 saturated carbocycles. The van der Waals surface area contributed by atoms with Gasteiger partial charge in [-0.05, 0) is 48.7 Å². The summed E-state index contributed by atoms with van der Waals surface area (Å²) in [5, 5.41) is 0.878. The first-order valence-corrected chi connectivity index (χ1v) is 14.0. The quantitative estimate of drug-likeness (QED) is 0.354. The number of ether oxygens (including phenoxy) is 6. The minimum absolute atomic E-state index is 0.232. The zero-order valence-corrected chi connectivity index (χ0v) is 24.0. The van der Waals surface area contributed by atoms with Crippen molar-refractivity contribution >= 4 is 22.9 Å². The molecule has 2 aliphatic heterocycles. The van der Waals surface area contributed by atoms with Crippen molar-refractivity contribution in [3.05, 3.63) is 59.7 Å². The maximum absolute atomic E-state index is 12.2. The Labute approximate surface area is 234 Å². The minimum atomic E-state index is -0.452. The lowest BCUT2D eigenvalue weighted by Gasteiger charge is -2.43. The van der Waals surface area contributed by atoms with Crippen LogP contribution in [0.1, 0.15) is 30.9 Å². The van der Waals surface area contributed by atoms with E-state index in [1.54, 1.807) is 32.9 Å². The van der Waals surface area contributed by atoms with Crippen molar-refractivity contribution < 1.29 is 33.2 Å². The third-order valence-corrected chi connectivity index (χ3v) is 7.92. The second kappa shape index (κ2) is 14.0. The molecule has 1 saturated heterocycles. The molecule has 0 radical (unpaired) electrons. The van der Waals surface area contributed by atoms with E-state index >= 15 is 0 Å². The number of amidine groups is 1. The highest BCUT2D eigenvalue weighted by Crippen LogP contribution is 2.41. The number of rotatable bonds is 12. The monoisotopic (exact) mass is 558 g/mol. The van der Waals surface area contributed by atoms with E-state index in [2.05, 4.69) is 0 Å². The van der Waals surface area contributed by atoms with Crippen LogP contribution in [0.5, 0.6) is 11.5 Å². The summed E-state index contributed by atoms with van der Waals surface area (Å²) in [6.45, 7) is 2.88. The second-order valence-corrected chi connectivity index (χ2v) is 10.6. The number of carbonyl (C=O) groups is 1. The van der Waals surface area contributed by atoms with Crippen molar-refractivity contribution in [2.75, 3.05) is 34.9 Å². The summed E-state index contributed by atoms with van der Waals surface area (Å²) >= 11 is 1.57. The molecule has 0 unspecified atom stereocenters. The maximum Gasteiger partial charge on any atom is 0.305 e. The molecule has 212 valence electrons. The highest BCUT2D eigenvalue weighted by atomic mass is 32.2. The summed E-state index contributed by atoms with van der Waals surface area (Å²) < 4.78 is 35.4. The van der Waals surface area contributed by atoms with Gasteiger partial charge in [-0.25, -0.2) is 0 Å². The number of fused-ring (bicyclic) bond motifs is 1. The molecule has 1 fully saturated rings. The van der Waals surface area contributed by atoms with Crippen molar-refractivity contribution in [2.24, 2.45) is 4.99 Å². The Bertz CT molecular complexity index is 1090. The van der Waals surface area contributed by atoms with Gasteiger partial charge in [-0.2, -0.15) is 0 Å². The molecule has 2 aliphatic rings. The van der Waals surface area contributed by atoms with E-state index < -0.39 is 6.10 Å². The van der Waals surface area contributed by atoms with E-state index in [4.69, 9.17) is 33.4 Å². The molecule has 0 aromatic heterocycles. The Kier molecular flexibility index (Phi) is 10.5. The van der Waals surface area contributed by atoms with Crippen LogP contribution in [0.25, 0.3) is 0 Å². The number of hydrogen-bond acceptors (Lipinski definition) is 10. The number of aliphatic imine (C=N–C) groups is 1. The Morgan fingerprint density at radius 2 is 1.49 bits per heavy atom. The number of hydrogen-bond donors (Lipinski definition) is 0. The SMILES string of the molecule is CCOC(=O)CC[C@H]1O[C@@H]2SC(N(C)C)=N[C@@H]2[C@@H](OCc2ccc(OC)cc2)[C@@H]1OCc1ccc(OC)cc1. The molecule has 0 N–H and O–H groups in total. The maximum atomic E-state index is 12.2. The van der Waals surface area contributed by atoms with E-state index in [1.165, 1.54) is 0 Å². The summed E-state index contributed by atoms with van der Waals surface area (Å²) in [5.74, 6) is 1.32. The first-order valence-electron chi connectivity index (χ1n) is 13.1. The summed E-state index contributed by atoms with van der Waals surface area (Å²) in [6.07, 6.45) is -0.530. The number of esters is 1. The zero-order chi connectivity index (χ0) is 27.8. The standard InChI is InChI=1S/C29H38N2O7S/c1-6-35-24(32)16-15-23-26(36-17-19-7-11-21(33-4)12-8-19)27(25-28(38-23)39-29(30-25)31(2)3)37-18-20-9-13-22(34-5)14-10-20/h7-14,23,25-28H,6,15-18H2,1-5H3/t23-,25-,26-,27-,28-/m1/s1. The van der Waals surface area contributed by atoms with Crippen molar-refractivity contribution in [1.29, 1.82) is 0 Å². The molecule has 39 heavy (non-hydrogen) atoms. The van der Waals surface area contributed by atoms with Crippen LogP contribution in [0.2, 0.25) is 0 Å². The van der Waals surface area contributed by atoms with Crippen molar-refractivity contribution in [1.82, 2.24) is 4.90 Å². The molecule has 5 atom stereocenters. The fraction of sp³-hybridized carbons (Fsp3) is 0.517. The lowest BCUT2D eigenvalue weighted by Crippen LogP contribution is -2.56. The third kappa shape index (κ3) is 7.66. The molecule has 4 rings (SSSR count). The predicted molar refractivity (Wildman–Crippen MR) is 150 cm³/mol. The van der Waals surface area contributed by atoms with Gasteiger partial charge in [-0.1, -0.05) is 36.0 Å². The van der Waals surface area contributed by atoms with Gasteiger partial charge in [0.2, 0.25) is 0 Å². The lowest BCUT2D eigenvalue weighted by molar-refractivity contribution is -0.200. The van der Waals surface area contributed by atoms with Gasteiger partial charge in [0.15, 0.2) is 5.17 Å². The summed E-state index contributed by atoms with van der Waals surface area (Å²) in [7, 11) is 7.22.